The Morgan fingerprint density at radius 2 is 1.80 bits per heavy atom. The molecule has 2 nitrogen and oxygen atoms in total. The van der Waals surface area contributed by atoms with Gasteiger partial charge < -0.3 is 11.1 Å². The van der Waals surface area contributed by atoms with E-state index in [1.807, 2.05) is 18.2 Å². The fraction of sp³-hybridized carbons (Fsp3) is 0.188. The lowest BCUT2D eigenvalue weighted by molar-refractivity contribution is 1.10. The second kappa shape index (κ2) is 6.86. The highest BCUT2D eigenvalue weighted by Crippen LogP contribution is 2.25. The first-order valence-corrected chi connectivity index (χ1v) is 7.72. The monoisotopic (exact) mass is 348 g/mol. The van der Waals surface area contributed by atoms with Crippen LogP contribution in [0.1, 0.15) is 23.6 Å². The molecule has 20 heavy (non-hydrogen) atoms. The predicted octanol–water partition coefficient (Wildman–Crippen LogP) is 4.26. The summed E-state index contributed by atoms with van der Waals surface area (Å²) >= 11 is 8.59. The number of benzene rings is 2. The molecule has 0 heterocycles. The van der Waals surface area contributed by atoms with Crippen LogP contribution >= 0.6 is 28.1 Å². The maximum absolute atomic E-state index is 5.78. The molecular weight excluding hydrogens is 332 g/mol. The van der Waals surface area contributed by atoms with E-state index in [2.05, 4.69) is 52.4 Å². The highest BCUT2D eigenvalue weighted by molar-refractivity contribution is 9.10. The van der Waals surface area contributed by atoms with Crippen LogP contribution in [0.2, 0.25) is 0 Å². The summed E-state index contributed by atoms with van der Waals surface area (Å²) in [7, 11) is 0. The largest absolute Gasteiger partial charge is 0.389 e. The first-order valence-electron chi connectivity index (χ1n) is 6.51. The molecule has 0 aliphatic carbocycles. The highest BCUT2D eigenvalue weighted by Gasteiger charge is 2.08. The van der Waals surface area contributed by atoms with E-state index in [1.165, 1.54) is 11.1 Å². The molecule has 0 bridgehead atoms. The van der Waals surface area contributed by atoms with E-state index < -0.39 is 0 Å². The molecule has 0 spiro atoms. The highest BCUT2D eigenvalue weighted by atomic mass is 79.9. The van der Waals surface area contributed by atoms with Crippen LogP contribution in [-0.4, -0.2) is 4.99 Å². The van der Waals surface area contributed by atoms with Crippen LogP contribution in [0.3, 0.4) is 0 Å². The third kappa shape index (κ3) is 3.58. The molecule has 0 aliphatic rings. The van der Waals surface area contributed by atoms with Crippen LogP contribution in [0, 0.1) is 0 Å². The van der Waals surface area contributed by atoms with Crippen LogP contribution in [0.15, 0.2) is 46.9 Å². The molecule has 4 heteroatoms. The van der Waals surface area contributed by atoms with Crippen LogP contribution in [0.25, 0.3) is 0 Å². The van der Waals surface area contributed by atoms with Gasteiger partial charge in [-0.3, -0.25) is 0 Å². The average Bonchev–Trinajstić information content (AvgIpc) is 2.45. The molecule has 0 saturated heterocycles. The Balaban J connectivity index is 2.14. The molecule has 0 fully saturated rings. The molecule has 2 aromatic carbocycles. The zero-order chi connectivity index (χ0) is 14.5. The topological polar surface area (TPSA) is 38.0 Å². The van der Waals surface area contributed by atoms with Crippen molar-refractivity contribution < 1.29 is 0 Å². The van der Waals surface area contributed by atoms with E-state index in [0.717, 1.165) is 28.7 Å². The maximum Gasteiger partial charge on any atom is 0.107 e. The molecule has 0 amide bonds. The van der Waals surface area contributed by atoms with Crippen molar-refractivity contribution in [1.29, 1.82) is 0 Å². The van der Waals surface area contributed by atoms with Gasteiger partial charge in [0.15, 0.2) is 0 Å². The number of hydrogen-bond acceptors (Lipinski definition) is 2. The average molecular weight is 349 g/mol. The number of nitrogens with two attached hydrogens (primary N) is 1. The number of hydrogen-bond donors (Lipinski definition) is 2. The summed E-state index contributed by atoms with van der Waals surface area (Å²) in [6.45, 7) is 2.90. The minimum Gasteiger partial charge on any atom is -0.389 e. The third-order valence-corrected chi connectivity index (χ3v) is 4.04. The van der Waals surface area contributed by atoms with Crippen LogP contribution in [0.5, 0.6) is 0 Å². The Bertz CT molecular complexity index is 608. The fourth-order valence-electron chi connectivity index (χ4n) is 2.01. The van der Waals surface area contributed by atoms with Crippen molar-refractivity contribution >= 4 is 38.8 Å². The number of anilines is 1. The zero-order valence-electron chi connectivity index (χ0n) is 11.3. The standard InChI is InChI=1S/C16H17BrN2S/c1-2-11-6-8-12(9-7-11)10-19-14-5-3-4-13(17)15(14)16(18)20/h3-9,19H,2,10H2,1H3,(H2,18,20). The van der Waals surface area contributed by atoms with Gasteiger partial charge in [-0.15, -0.1) is 0 Å². The number of halogens is 1. The smallest absolute Gasteiger partial charge is 0.107 e. The predicted molar refractivity (Wildman–Crippen MR) is 93.2 cm³/mol. The number of thiocarbonyl (C=S) groups is 1. The van der Waals surface area contributed by atoms with Crippen LogP contribution < -0.4 is 11.1 Å². The molecule has 0 radical (unpaired) electrons. The molecule has 2 aromatic rings. The van der Waals surface area contributed by atoms with Crippen LogP contribution in [0.4, 0.5) is 5.69 Å². The minimum atomic E-state index is 0.390. The summed E-state index contributed by atoms with van der Waals surface area (Å²) in [5.74, 6) is 0. The van der Waals surface area contributed by atoms with Gasteiger partial charge in [0.05, 0.1) is 0 Å². The SMILES string of the molecule is CCc1ccc(CNc2cccc(Br)c2C(N)=S)cc1. The Kier molecular flexibility index (Phi) is 5.15. The van der Waals surface area contributed by atoms with E-state index in [-0.39, 0.29) is 0 Å². The summed E-state index contributed by atoms with van der Waals surface area (Å²) in [6.07, 6.45) is 1.06. The maximum atomic E-state index is 5.78. The van der Waals surface area contributed by atoms with Gasteiger partial charge >= 0.3 is 0 Å². The number of nitrogens with one attached hydrogen (secondary N) is 1. The number of aryl methyl sites for hydroxylation is 1. The third-order valence-electron chi connectivity index (χ3n) is 3.17. The minimum absolute atomic E-state index is 0.390. The molecule has 2 rings (SSSR count). The molecular formula is C16H17BrN2S. The molecule has 0 aliphatic heterocycles. The molecule has 0 atom stereocenters. The van der Waals surface area contributed by atoms with Gasteiger partial charge in [0.1, 0.15) is 4.99 Å². The van der Waals surface area contributed by atoms with Gasteiger partial charge in [-0.05, 0) is 45.6 Å². The quantitative estimate of drug-likeness (QED) is 0.793. The van der Waals surface area contributed by atoms with Crippen LogP contribution in [-0.2, 0) is 13.0 Å². The molecule has 3 N–H and O–H groups in total. The van der Waals surface area contributed by atoms with Gasteiger partial charge in [0.2, 0.25) is 0 Å². The van der Waals surface area contributed by atoms with Gasteiger partial charge in [-0.25, -0.2) is 0 Å². The van der Waals surface area contributed by atoms with Crippen molar-refractivity contribution in [2.24, 2.45) is 5.73 Å². The lowest BCUT2D eigenvalue weighted by Crippen LogP contribution is -2.14. The van der Waals surface area contributed by atoms with Crippen molar-refractivity contribution in [3.8, 4) is 0 Å². The summed E-state index contributed by atoms with van der Waals surface area (Å²) in [6, 6.07) is 14.5. The first kappa shape index (κ1) is 15.0. The van der Waals surface area contributed by atoms with Crippen molar-refractivity contribution in [1.82, 2.24) is 0 Å². The fourth-order valence-corrected chi connectivity index (χ4v) is 2.94. The van der Waals surface area contributed by atoms with Crippen molar-refractivity contribution in [3.63, 3.8) is 0 Å². The normalized spacial score (nSPS) is 10.3. The summed E-state index contributed by atoms with van der Waals surface area (Å²) in [5, 5.41) is 3.39. The summed E-state index contributed by atoms with van der Waals surface area (Å²) in [5.41, 5.74) is 10.2. The van der Waals surface area contributed by atoms with E-state index in [0.29, 0.717) is 4.99 Å². The summed E-state index contributed by atoms with van der Waals surface area (Å²) in [4.78, 5) is 0.390. The van der Waals surface area contributed by atoms with Gasteiger partial charge in [0, 0.05) is 22.3 Å². The van der Waals surface area contributed by atoms with E-state index in [1.54, 1.807) is 0 Å². The first-order chi connectivity index (χ1) is 9.61. The lowest BCUT2D eigenvalue weighted by Gasteiger charge is -2.13. The Morgan fingerprint density at radius 1 is 1.15 bits per heavy atom. The van der Waals surface area contributed by atoms with Crippen molar-refractivity contribution in [2.75, 3.05) is 5.32 Å². The Morgan fingerprint density at radius 3 is 2.40 bits per heavy atom. The second-order valence-electron chi connectivity index (χ2n) is 4.55. The Labute approximate surface area is 133 Å². The van der Waals surface area contributed by atoms with Crippen molar-refractivity contribution in [2.45, 2.75) is 19.9 Å². The molecule has 0 saturated carbocycles. The summed E-state index contributed by atoms with van der Waals surface area (Å²) < 4.78 is 0.913. The van der Waals surface area contributed by atoms with Gasteiger partial charge in [-0.1, -0.05) is 49.5 Å². The van der Waals surface area contributed by atoms with E-state index >= 15 is 0 Å². The molecule has 0 aromatic heterocycles. The second-order valence-corrected chi connectivity index (χ2v) is 5.84. The van der Waals surface area contributed by atoms with E-state index in [9.17, 15) is 0 Å². The van der Waals surface area contributed by atoms with Gasteiger partial charge in [-0.2, -0.15) is 0 Å². The zero-order valence-corrected chi connectivity index (χ0v) is 13.7. The molecule has 104 valence electrons. The number of rotatable bonds is 5. The van der Waals surface area contributed by atoms with E-state index in [4.69, 9.17) is 18.0 Å². The van der Waals surface area contributed by atoms with Gasteiger partial charge in [0.25, 0.3) is 0 Å². The van der Waals surface area contributed by atoms with Crippen molar-refractivity contribution in [3.05, 3.63) is 63.6 Å². The molecule has 0 unspecified atom stereocenters. The Hall–Kier alpha value is -1.39. The lowest BCUT2D eigenvalue weighted by atomic mass is 10.1.